The van der Waals surface area contributed by atoms with Gasteiger partial charge in [0.25, 0.3) is 0 Å². The van der Waals surface area contributed by atoms with E-state index < -0.39 is 0 Å². The van der Waals surface area contributed by atoms with Crippen LogP contribution in [0.1, 0.15) is 31.5 Å². The van der Waals surface area contributed by atoms with E-state index in [1.165, 1.54) is 19.3 Å². The Hall–Kier alpha value is -1.92. The minimum atomic E-state index is -0.101. The highest BCUT2D eigenvalue weighted by Crippen LogP contribution is 2.30. The second kappa shape index (κ2) is 6.53. The molecule has 3 unspecified atom stereocenters. The van der Waals surface area contributed by atoms with Gasteiger partial charge in [-0.2, -0.15) is 0 Å². The van der Waals surface area contributed by atoms with Crippen molar-refractivity contribution in [3.05, 3.63) is 30.1 Å². The molecule has 6 heteroatoms. The summed E-state index contributed by atoms with van der Waals surface area (Å²) >= 11 is 0. The van der Waals surface area contributed by atoms with Gasteiger partial charge in [0.2, 0.25) is 5.91 Å². The van der Waals surface area contributed by atoms with Gasteiger partial charge in [-0.25, -0.2) is 10.4 Å². The molecule has 1 aliphatic heterocycles. The van der Waals surface area contributed by atoms with Gasteiger partial charge >= 0.3 is 0 Å². The normalized spacial score (nSPS) is 26.5. The van der Waals surface area contributed by atoms with Crippen molar-refractivity contribution in [2.24, 2.45) is 5.92 Å². The SMILES string of the molecule is Cc1nc2ccccc2n1CCNC(=O)C1NNC2CCCCC21. The number of fused-ring (bicyclic) bond motifs is 2. The number of nitrogens with one attached hydrogen (secondary N) is 3. The van der Waals surface area contributed by atoms with Crippen molar-refractivity contribution in [2.75, 3.05) is 6.54 Å². The van der Waals surface area contributed by atoms with Gasteiger partial charge in [-0.15, -0.1) is 0 Å². The monoisotopic (exact) mass is 327 g/mol. The van der Waals surface area contributed by atoms with Gasteiger partial charge in [0.05, 0.1) is 11.0 Å². The Morgan fingerprint density at radius 1 is 1.29 bits per heavy atom. The second-order valence-electron chi connectivity index (χ2n) is 6.91. The number of imidazole rings is 1. The molecule has 6 nitrogen and oxygen atoms in total. The Kier molecular flexibility index (Phi) is 4.24. The summed E-state index contributed by atoms with van der Waals surface area (Å²) in [7, 11) is 0. The fourth-order valence-corrected chi connectivity index (χ4v) is 4.18. The molecule has 3 atom stereocenters. The van der Waals surface area contributed by atoms with Gasteiger partial charge in [0.15, 0.2) is 0 Å². The predicted octanol–water partition coefficient (Wildman–Crippen LogP) is 1.50. The number of nitrogens with zero attached hydrogens (tertiary/aromatic N) is 2. The molecule has 1 amide bonds. The van der Waals surface area contributed by atoms with Crippen LogP contribution in [0.5, 0.6) is 0 Å². The second-order valence-corrected chi connectivity index (χ2v) is 6.91. The highest BCUT2D eigenvalue weighted by molar-refractivity contribution is 5.82. The van der Waals surface area contributed by atoms with E-state index in [4.69, 9.17) is 0 Å². The first-order valence-corrected chi connectivity index (χ1v) is 8.94. The van der Waals surface area contributed by atoms with E-state index in [2.05, 4.69) is 31.8 Å². The molecule has 0 bridgehead atoms. The number of rotatable bonds is 4. The summed E-state index contributed by atoms with van der Waals surface area (Å²) in [6.07, 6.45) is 4.79. The molecule has 1 saturated heterocycles. The van der Waals surface area contributed by atoms with Crippen molar-refractivity contribution in [1.82, 2.24) is 25.7 Å². The fraction of sp³-hybridized carbons (Fsp3) is 0.556. The first-order valence-electron chi connectivity index (χ1n) is 8.94. The molecule has 1 aromatic heterocycles. The molecule has 128 valence electrons. The number of benzene rings is 1. The summed E-state index contributed by atoms with van der Waals surface area (Å²) in [5.74, 6) is 1.52. The predicted molar refractivity (Wildman–Crippen MR) is 93.3 cm³/mol. The van der Waals surface area contributed by atoms with Crippen molar-refractivity contribution in [3.63, 3.8) is 0 Å². The molecule has 2 heterocycles. The minimum Gasteiger partial charge on any atom is -0.353 e. The molecular formula is C18H25N5O. The van der Waals surface area contributed by atoms with Gasteiger partial charge in [0, 0.05) is 25.0 Å². The van der Waals surface area contributed by atoms with Gasteiger partial charge in [-0.05, 0) is 31.9 Å². The Morgan fingerprint density at radius 2 is 2.12 bits per heavy atom. The van der Waals surface area contributed by atoms with E-state index in [9.17, 15) is 4.79 Å². The molecular weight excluding hydrogens is 302 g/mol. The average Bonchev–Trinajstić information content (AvgIpc) is 3.16. The van der Waals surface area contributed by atoms with Crippen LogP contribution in [0.25, 0.3) is 11.0 Å². The Bertz CT molecular complexity index is 740. The van der Waals surface area contributed by atoms with Crippen LogP contribution >= 0.6 is 0 Å². The molecule has 1 aromatic carbocycles. The summed E-state index contributed by atoms with van der Waals surface area (Å²) in [6, 6.07) is 8.47. The molecule has 2 fully saturated rings. The maximum atomic E-state index is 12.5. The number of carbonyl (C=O) groups is 1. The lowest BCUT2D eigenvalue weighted by Gasteiger charge is -2.26. The number of hydrogen-bond donors (Lipinski definition) is 3. The summed E-state index contributed by atoms with van der Waals surface area (Å²) in [5, 5.41) is 3.10. The highest BCUT2D eigenvalue weighted by Gasteiger charge is 2.40. The summed E-state index contributed by atoms with van der Waals surface area (Å²) in [6.45, 7) is 3.37. The lowest BCUT2D eigenvalue weighted by Crippen LogP contribution is -2.46. The van der Waals surface area contributed by atoms with Crippen LogP contribution in [-0.2, 0) is 11.3 Å². The molecule has 4 rings (SSSR count). The number of aryl methyl sites for hydroxylation is 1. The minimum absolute atomic E-state index is 0.101. The summed E-state index contributed by atoms with van der Waals surface area (Å²) in [4.78, 5) is 17.1. The van der Waals surface area contributed by atoms with Gasteiger partial charge in [-0.1, -0.05) is 25.0 Å². The van der Waals surface area contributed by atoms with Crippen LogP contribution in [0, 0.1) is 12.8 Å². The maximum Gasteiger partial charge on any atom is 0.238 e. The van der Waals surface area contributed by atoms with E-state index >= 15 is 0 Å². The number of aromatic nitrogens is 2. The number of hydrazine groups is 1. The van der Waals surface area contributed by atoms with E-state index in [-0.39, 0.29) is 11.9 Å². The summed E-state index contributed by atoms with van der Waals surface area (Å²) < 4.78 is 2.17. The standard InChI is InChI=1S/C18H25N5O/c1-12-20-15-8-4-5-9-16(15)23(12)11-10-19-18(24)17-13-6-2-3-7-14(13)21-22-17/h4-5,8-9,13-14,17,21-22H,2-3,6-7,10-11H2,1H3,(H,19,24). The lowest BCUT2D eigenvalue weighted by molar-refractivity contribution is -0.124. The number of para-hydroxylation sites is 2. The molecule has 0 radical (unpaired) electrons. The van der Waals surface area contributed by atoms with Crippen LogP contribution in [0.4, 0.5) is 0 Å². The Labute approximate surface area is 142 Å². The molecule has 1 saturated carbocycles. The van der Waals surface area contributed by atoms with Crippen molar-refractivity contribution < 1.29 is 4.79 Å². The molecule has 24 heavy (non-hydrogen) atoms. The van der Waals surface area contributed by atoms with Gasteiger partial charge < -0.3 is 9.88 Å². The molecule has 1 aliphatic carbocycles. The third-order valence-electron chi connectivity index (χ3n) is 5.43. The van der Waals surface area contributed by atoms with Gasteiger partial charge in [0.1, 0.15) is 11.9 Å². The van der Waals surface area contributed by atoms with Crippen molar-refractivity contribution in [3.8, 4) is 0 Å². The number of hydrogen-bond acceptors (Lipinski definition) is 4. The van der Waals surface area contributed by atoms with Gasteiger partial charge in [-0.3, -0.25) is 10.2 Å². The number of carbonyl (C=O) groups excluding carboxylic acids is 1. The molecule has 2 aromatic rings. The quantitative estimate of drug-likeness (QED) is 0.796. The molecule has 3 N–H and O–H groups in total. The largest absolute Gasteiger partial charge is 0.353 e. The van der Waals surface area contributed by atoms with Crippen molar-refractivity contribution in [1.29, 1.82) is 0 Å². The molecule has 0 spiro atoms. The topological polar surface area (TPSA) is 71.0 Å². The van der Waals surface area contributed by atoms with Crippen LogP contribution in [0.3, 0.4) is 0 Å². The first kappa shape index (κ1) is 15.6. The third kappa shape index (κ3) is 2.80. The molecule has 2 aliphatic rings. The zero-order chi connectivity index (χ0) is 16.5. The zero-order valence-corrected chi connectivity index (χ0v) is 14.1. The van der Waals surface area contributed by atoms with Crippen LogP contribution in [-0.4, -0.2) is 34.1 Å². The maximum absolute atomic E-state index is 12.5. The number of amides is 1. The van der Waals surface area contributed by atoms with E-state index in [0.29, 0.717) is 18.5 Å². The third-order valence-corrected chi connectivity index (χ3v) is 5.43. The van der Waals surface area contributed by atoms with E-state index in [1.807, 2.05) is 25.1 Å². The van der Waals surface area contributed by atoms with E-state index in [0.717, 1.165) is 29.8 Å². The Balaban J connectivity index is 1.37. The first-order chi connectivity index (χ1) is 11.7. The van der Waals surface area contributed by atoms with Crippen LogP contribution in [0.2, 0.25) is 0 Å². The average molecular weight is 327 g/mol. The van der Waals surface area contributed by atoms with Crippen molar-refractivity contribution in [2.45, 2.75) is 51.2 Å². The van der Waals surface area contributed by atoms with Crippen molar-refractivity contribution >= 4 is 16.9 Å². The van der Waals surface area contributed by atoms with Crippen LogP contribution < -0.4 is 16.2 Å². The smallest absolute Gasteiger partial charge is 0.238 e. The lowest BCUT2D eigenvalue weighted by atomic mass is 9.81. The van der Waals surface area contributed by atoms with Crippen LogP contribution in [0.15, 0.2) is 24.3 Å². The van der Waals surface area contributed by atoms with E-state index in [1.54, 1.807) is 0 Å². The summed E-state index contributed by atoms with van der Waals surface area (Å²) in [5.41, 5.74) is 8.63. The zero-order valence-electron chi connectivity index (χ0n) is 14.1. The fourth-order valence-electron chi connectivity index (χ4n) is 4.18. The highest BCUT2D eigenvalue weighted by atomic mass is 16.2. The Morgan fingerprint density at radius 3 is 3.04 bits per heavy atom.